The van der Waals surface area contributed by atoms with E-state index in [9.17, 15) is 9.18 Å². The molecule has 1 aliphatic rings. The van der Waals surface area contributed by atoms with Crippen molar-refractivity contribution in [2.24, 2.45) is 5.73 Å². The van der Waals surface area contributed by atoms with Gasteiger partial charge in [-0.1, -0.05) is 18.2 Å². The molecule has 2 aromatic rings. The van der Waals surface area contributed by atoms with E-state index in [1.807, 2.05) is 18.2 Å². The number of amides is 1. The van der Waals surface area contributed by atoms with E-state index < -0.39 is 0 Å². The summed E-state index contributed by atoms with van der Waals surface area (Å²) in [6.45, 7) is 4.73. The molecule has 1 amide bonds. The summed E-state index contributed by atoms with van der Waals surface area (Å²) in [5.74, 6) is -0.351. The molecule has 3 rings (SSSR count). The van der Waals surface area contributed by atoms with Crippen molar-refractivity contribution in [3.05, 3.63) is 59.4 Å². The molecule has 0 radical (unpaired) electrons. The Bertz CT molecular complexity index is 790. The molecule has 1 saturated heterocycles. The van der Waals surface area contributed by atoms with Crippen LogP contribution in [0.25, 0.3) is 0 Å². The molecule has 144 valence electrons. The Morgan fingerprint density at radius 2 is 1.85 bits per heavy atom. The number of halogens is 1. The molecule has 0 bridgehead atoms. The first-order chi connectivity index (χ1) is 13.1. The van der Waals surface area contributed by atoms with E-state index in [1.54, 1.807) is 18.2 Å². The van der Waals surface area contributed by atoms with Gasteiger partial charge in [-0.25, -0.2) is 4.39 Å². The number of benzene rings is 2. The maximum atomic E-state index is 13.9. The highest BCUT2D eigenvalue weighted by atomic mass is 19.1. The summed E-state index contributed by atoms with van der Waals surface area (Å²) < 4.78 is 13.9. The molecule has 0 atom stereocenters. The summed E-state index contributed by atoms with van der Waals surface area (Å²) in [7, 11) is 0. The number of nitrogens with two attached hydrogens (primary N) is 2. The predicted octanol–water partition coefficient (Wildman–Crippen LogP) is 1.42. The number of hydrogen-bond acceptors (Lipinski definition) is 5. The van der Waals surface area contributed by atoms with Crippen molar-refractivity contribution in [1.82, 2.24) is 10.2 Å². The normalized spacial score (nSPS) is 15.0. The fraction of sp³-hybridized carbons (Fsp3) is 0.350. The van der Waals surface area contributed by atoms with Crippen molar-refractivity contribution in [2.75, 3.05) is 49.9 Å². The van der Waals surface area contributed by atoms with Crippen molar-refractivity contribution >= 4 is 17.3 Å². The van der Waals surface area contributed by atoms with Crippen LogP contribution in [0.4, 0.5) is 15.8 Å². The van der Waals surface area contributed by atoms with E-state index in [2.05, 4.69) is 15.1 Å². The van der Waals surface area contributed by atoms with Crippen molar-refractivity contribution in [3.8, 4) is 0 Å². The molecule has 0 spiro atoms. The first kappa shape index (κ1) is 19.1. The van der Waals surface area contributed by atoms with Crippen molar-refractivity contribution < 1.29 is 9.18 Å². The summed E-state index contributed by atoms with van der Waals surface area (Å²) in [6, 6.07) is 12.3. The summed E-state index contributed by atoms with van der Waals surface area (Å²) in [4.78, 5) is 16.3. The molecule has 1 fully saturated rings. The highest BCUT2D eigenvalue weighted by molar-refractivity contribution is 5.95. The number of piperazine rings is 1. The van der Waals surface area contributed by atoms with Gasteiger partial charge in [-0.05, 0) is 29.8 Å². The minimum Gasteiger partial charge on any atom is -0.398 e. The van der Waals surface area contributed by atoms with Gasteiger partial charge in [-0.3, -0.25) is 9.69 Å². The molecule has 6 nitrogen and oxygen atoms in total. The number of nitrogens with one attached hydrogen (secondary N) is 1. The van der Waals surface area contributed by atoms with Gasteiger partial charge in [-0.15, -0.1) is 0 Å². The Morgan fingerprint density at radius 3 is 2.52 bits per heavy atom. The lowest BCUT2D eigenvalue weighted by atomic mass is 10.1. The number of nitrogens with zero attached hydrogens (tertiary/aromatic N) is 2. The van der Waals surface area contributed by atoms with E-state index in [0.717, 1.165) is 31.7 Å². The number of carbonyl (C=O) groups excluding carboxylic acids is 1. The summed E-state index contributed by atoms with van der Waals surface area (Å²) in [6.07, 6.45) is 0. The molecular weight excluding hydrogens is 345 g/mol. The topological polar surface area (TPSA) is 87.6 Å². The second-order valence-corrected chi connectivity index (χ2v) is 6.67. The van der Waals surface area contributed by atoms with Crippen LogP contribution >= 0.6 is 0 Å². The fourth-order valence-electron chi connectivity index (χ4n) is 3.26. The highest BCUT2D eigenvalue weighted by Crippen LogP contribution is 2.22. The van der Waals surface area contributed by atoms with Crippen LogP contribution < -0.4 is 21.7 Å². The van der Waals surface area contributed by atoms with Gasteiger partial charge in [0.15, 0.2) is 0 Å². The van der Waals surface area contributed by atoms with Gasteiger partial charge in [0.2, 0.25) is 0 Å². The number of nitrogen functional groups attached to an aromatic ring is 1. The van der Waals surface area contributed by atoms with Crippen LogP contribution in [0, 0.1) is 5.82 Å². The molecule has 1 heterocycles. The lowest BCUT2D eigenvalue weighted by Crippen LogP contribution is -2.46. The molecule has 1 aliphatic heterocycles. The standard InChI is InChI=1S/C20H26FN5O/c21-17-3-1-2-4-19(17)26-11-9-25(10-12-26)14-16-6-5-15(13-18(16)23)20(27)24-8-7-22/h1-6,13H,7-12,14,22-23H2,(H,24,27). The molecule has 0 unspecified atom stereocenters. The Hall–Kier alpha value is -2.64. The molecule has 5 N–H and O–H groups in total. The largest absolute Gasteiger partial charge is 0.398 e. The molecule has 2 aromatic carbocycles. The van der Waals surface area contributed by atoms with Gasteiger partial charge in [0.25, 0.3) is 5.91 Å². The third-order valence-corrected chi connectivity index (χ3v) is 4.80. The average Bonchev–Trinajstić information content (AvgIpc) is 2.68. The average molecular weight is 371 g/mol. The summed E-state index contributed by atoms with van der Waals surface area (Å²) in [5, 5.41) is 2.74. The zero-order valence-electron chi connectivity index (χ0n) is 15.3. The zero-order valence-corrected chi connectivity index (χ0v) is 15.3. The first-order valence-corrected chi connectivity index (χ1v) is 9.17. The Balaban J connectivity index is 1.57. The lowest BCUT2D eigenvalue weighted by Gasteiger charge is -2.36. The molecule has 7 heteroatoms. The predicted molar refractivity (Wildman–Crippen MR) is 106 cm³/mol. The van der Waals surface area contributed by atoms with Crippen LogP contribution in [-0.2, 0) is 6.54 Å². The van der Waals surface area contributed by atoms with Crippen molar-refractivity contribution in [2.45, 2.75) is 6.54 Å². The Morgan fingerprint density at radius 1 is 1.11 bits per heavy atom. The second kappa shape index (κ2) is 8.83. The number of hydrogen-bond donors (Lipinski definition) is 3. The molecule has 0 aliphatic carbocycles. The molecule has 0 saturated carbocycles. The van der Waals surface area contributed by atoms with Crippen molar-refractivity contribution in [1.29, 1.82) is 0 Å². The van der Waals surface area contributed by atoms with Gasteiger partial charge in [-0.2, -0.15) is 0 Å². The van der Waals surface area contributed by atoms with Gasteiger partial charge >= 0.3 is 0 Å². The zero-order chi connectivity index (χ0) is 19.2. The monoisotopic (exact) mass is 371 g/mol. The number of para-hydroxylation sites is 1. The first-order valence-electron chi connectivity index (χ1n) is 9.17. The van der Waals surface area contributed by atoms with E-state index in [0.29, 0.717) is 36.6 Å². The summed E-state index contributed by atoms with van der Waals surface area (Å²) in [5.41, 5.74) is 14.3. The van der Waals surface area contributed by atoms with Gasteiger partial charge < -0.3 is 21.7 Å². The van der Waals surface area contributed by atoms with E-state index in [4.69, 9.17) is 11.5 Å². The van der Waals surface area contributed by atoms with Gasteiger partial charge in [0, 0.05) is 57.1 Å². The van der Waals surface area contributed by atoms with Crippen molar-refractivity contribution in [3.63, 3.8) is 0 Å². The molecule has 27 heavy (non-hydrogen) atoms. The second-order valence-electron chi connectivity index (χ2n) is 6.67. The van der Waals surface area contributed by atoms with Gasteiger partial charge in [0.1, 0.15) is 5.82 Å². The Labute approximate surface area is 158 Å². The quantitative estimate of drug-likeness (QED) is 0.669. The lowest BCUT2D eigenvalue weighted by molar-refractivity contribution is 0.0955. The minimum atomic E-state index is -0.182. The minimum absolute atomic E-state index is 0.169. The smallest absolute Gasteiger partial charge is 0.251 e. The summed E-state index contributed by atoms with van der Waals surface area (Å²) >= 11 is 0. The Kier molecular flexibility index (Phi) is 6.26. The van der Waals surface area contributed by atoms with Crippen LogP contribution in [0.2, 0.25) is 0 Å². The van der Waals surface area contributed by atoms with Crippen LogP contribution in [0.3, 0.4) is 0 Å². The molecule has 0 aromatic heterocycles. The van der Waals surface area contributed by atoms with E-state index in [-0.39, 0.29) is 11.7 Å². The van der Waals surface area contributed by atoms with Gasteiger partial charge in [0.05, 0.1) is 5.69 Å². The third-order valence-electron chi connectivity index (χ3n) is 4.80. The highest BCUT2D eigenvalue weighted by Gasteiger charge is 2.20. The fourth-order valence-corrected chi connectivity index (χ4v) is 3.26. The SMILES string of the molecule is NCCNC(=O)c1ccc(CN2CCN(c3ccccc3F)CC2)c(N)c1. The number of carbonyl (C=O) groups is 1. The number of anilines is 2. The van der Waals surface area contributed by atoms with Crippen LogP contribution in [0.15, 0.2) is 42.5 Å². The van der Waals surface area contributed by atoms with Crippen LogP contribution in [0.5, 0.6) is 0 Å². The van der Waals surface area contributed by atoms with E-state index in [1.165, 1.54) is 6.07 Å². The van der Waals surface area contributed by atoms with Crippen LogP contribution in [0.1, 0.15) is 15.9 Å². The van der Waals surface area contributed by atoms with E-state index >= 15 is 0 Å². The number of rotatable bonds is 6. The maximum Gasteiger partial charge on any atom is 0.251 e. The molecular formula is C20H26FN5O. The maximum absolute atomic E-state index is 13.9. The van der Waals surface area contributed by atoms with Crippen LogP contribution in [-0.4, -0.2) is 50.1 Å². The third kappa shape index (κ3) is 4.75.